The minimum absolute atomic E-state index is 0.00103. The van der Waals surface area contributed by atoms with E-state index in [2.05, 4.69) is 16.0 Å². The van der Waals surface area contributed by atoms with Crippen LogP contribution in [0.15, 0.2) is 30.3 Å². The van der Waals surface area contributed by atoms with Crippen molar-refractivity contribution in [1.29, 1.82) is 0 Å². The predicted octanol–water partition coefficient (Wildman–Crippen LogP) is -0.327. The van der Waals surface area contributed by atoms with Crippen molar-refractivity contribution >= 4 is 29.6 Å². The molecule has 4 atom stereocenters. The van der Waals surface area contributed by atoms with Gasteiger partial charge in [-0.1, -0.05) is 58.0 Å². The van der Waals surface area contributed by atoms with E-state index in [1.54, 1.807) is 44.2 Å². The van der Waals surface area contributed by atoms with Crippen LogP contribution in [0.2, 0.25) is 0 Å². The summed E-state index contributed by atoms with van der Waals surface area (Å²) in [6, 6.07) is 4.20. The van der Waals surface area contributed by atoms with Gasteiger partial charge < -0.3 is 32.5 Å². The molecule has 11 heteroatoms. The molecule has 194 valence electrons. The third kappa shape index (κ3) is 10.6. The normalized spacial score (nSPS) is 14.5. The molecule has 4 amide bonds. The summed E-state index contributed by atoms with van der Waals surface area (Å²) < 4.78 is 0. The molecule has 35 heavy (non-hydrogen) atoms. The molecule has 0 saturated heterocycles. The van der Waals surface area contributed by atoms with Gasteiger partial charge >= 0.3 is 5.97 Å². The van der Waals surface area contributed by atoms with Gasteiger partial charge in [0.1, 0.15) is 18.1 Å². The molecule has 0 bridgehead atoms. The first-order valence-corrected chi connectivity index (χ1v) is 11.5. The number of rotatable bonds is 14. The molecule has 1 rings (SSSR count). The van der Waals surface area contributed by atoms with Gasteiger partial charge in [0.25, 0.3) is 0 Å². The number of carboxylic acids is 1. The minimum Gasteiger partial charge on any atom is -0.480 e. The maximum atomic E-state index is 13.1. The van der Waals surface area contributed by atoms with Crippen molar-refractivity contribution in [2.45, 2.75) is 71.1 Å². The van der Waals surface area contributed by atoms with Crippen molar-refractivity contribution in [2.75, 3.05) is 0 Å². The van der Waals surface area contributed by atoms with Crippen LogP contribution in [0.3, 0.4) is 0 Å². The Morgan fingerprint density at radius 3 is 1.83 bits per heavy atom. The maximum absolute atomic E-state index is 13.1. The van der Waals surface area contributed by atoms with Crippen molar-refractivity contribution in [3.8, 4) is 0 Å². The molecule has 0 aliphatic heterocycles. The molecule has 1 aromatic carbocycles. The number of carboxylic acid groups (broad SMARTS) is 1. The molecule has 11 nitrogen and oxygen atoms in total. The summed E-state index contributed by atoms with van der Waals surface area (Å²) in [6.07, 6.45) is -0.261. The Morgan fingerprint density at radius 2 is 1.34 bits per heavy atom. The second-order valence-electron chi connectivity index (χ2n) is 9.28. The van der Waals surface area contributed by atoms with Crippen LogP contribution in [0.5, 0.6) is 0 Å². The van der Waals surface area contributed by atoms with Gasteiger partial charge in [0.15, 0.2) is 0 Å². The largest absolute Gasteiger partial charge is 0.480 e. The predicted molar refractivity (Wildman–Crippen MR) is 130 cm³/mol. The zero-order valence-electron chi connectivity index (χ0n) is 20.6. The monoisotopic (exact) mass is 491 g/mol. The fourth-order valence-electron chi connectivity index (χ4n) is 3.28. The maximum Gasteiger partial charge on any atom is 0.326 e. The smallest absolute Gasteiger partial charge is 0.326 e. The number of carbonyl (C=O) groups excluding carboxylic acids is 4. The summed E-state index contributed by atoms with van der Waals surface area (Å²) in [7, 11) is 0. The van der Waals surface area contributed by atoms with E-state index in [-0.39, 0.29) is 24.7 Å². The topological polar surface area (TPSA) is 194 Å². The van der Waals surface area contributed by atoms with Crippen LogP contribution < -0.4 is 27.4 Å². The third-order valence-electron chi connectivity index (χ3n) is 5.30. The number of nitrogens with two attached hydrogens (primary N) is 2. The Bertz CT molecular complexity index is 890. The third-order valence-corrected chi connectivity index (χ3v) is 5.30. The number of carbonyl (C=O) groups is 5. The second kappa shape index (κ2) is 14.1. The standard InChI is InChI=1S/C24H37N5O6/c1-13(2)10-18(24(34)35)29-21(31)16(11-15-8-6-5-7-9-15)27-22(32)17(12-19(25)30)28-23(33)20(26)14(3)4/h5-9,13-14,16-18,20H,10-12,26H2,1-4H3,(H2,25,30)(H,27,32)(H,28,33)(H,29,31)(H,34,35). The Labute approximate surface area is 205 Å². The van der Waals surface area contributed by atoms with Crippen LogP contribution in [0.4, 0.5) is 0 Å². The van der Waals surface area contributed by atoms with Crippen molar-refractivity contribution in [3.63, 3.8) is 0 Å². The Hall–Kier alpha value is -3.47. The van der Waals surface area contributed by atoms with E-state index in [1.807, 2.05) is 13.8 Å². The fourth-order valence-corrected chi connectivity index (χ4v) is 3.28. The molecule has 0 aromatic heterocycles. The highest BCUT2D eigenvalue weighted by Gasteiger charge is 2.31. The fraction of sp³-hybridized carbons (Fsp3) is 0.542. The van der Waals surface area contributed by atoms with Gasteiger partial charge in [0.2, 0.25) is 23.6 Å². The van der Waals surface area contributed by atoms with E-state index < -0.39 is 60.2 Å². The van der Waals surface area contributed by atoms with Gasteiger partial charge in [0.05, 0.1) is 12.5 Å². The quantitative estimate of drug-likeness (QED) is 0.205. The highest BCUT2D eigenvalue weighted by Crippen LogP contribution is 2.09. The van der Waals surface area contributed by atoms with E-state index >= 15 is 0 Å². The van der Waals surface area contributed by atoms with Crippen LogP contribution in [0, 0.1) is 11.8 Å². The van der Waals surface area contributed by atoms with Gasteiger partial charge in [-0.25, -0.2) is 4.79 Å². The first-order chi connectivity index (χ1) is 16.3. The zero-order valence-corrected chi connectivity index (χ0v) is 20.6. The molecule has 0 spiro atoms. The molecule has 8 N–H and O–H groups in total. The SMILES string of the molecule is CC(C)CC(NC(=O)C(Cc1ccccc1)NC(=O)C(CC(N)=O)NC(=O)C(N)C(C)C)C(=O)O. The number of primary amides is 1. The van der Waals surface area contributed by atoms with Gasteiger partial charge in [0, 0.05) is 6.42 Å². The second-order valence-corrected chi connectivity index (χ2v) is 9.28. The van der Waals surface area contributed by atoms with E-state index in [0.717, 1.165) is 0 Å². The minimum atomic E-state index is -1.36. The lowest BCUT2D eigenvalue weighted by Gasteiger charge is -2.25. The number of amides is 4. The van der Waals surface area contributed by atoms with E-state index in [9.17, 15) is 29.1 Å². The molecule has 0 aliphatic rings. The highest BCUT2D eigenvalue weighted by molar-refractivity contribution is 5.96. The van der Waals surface area contributed by atoms with Gasteiger partial charge in [-0.05, 0) is 23.8 Å². The van der Waals surface area contributed by atoms with Crippen molar-refractivity contribution in [3.05, 3.63) is 35.9 Å². The van der Waals surface area contributed by atoms with Crippen molar-refractivity contribution in [2.24, 2.45) is 23.3 Å². The molecule has 1 aromatic rings. The molecule has 0 saturated carbocycles. The number of nitrogens with one attached hydrogen (secondary N) is 3. The summed E-state index contributed by atoms with van der Waals surface area (Å²) in [5.74, 6) is -4.43. The molecule has 0 aliphatic carbocycles. The average Bonchev–Trinajstić information content (AvgIpc) is 2.76. The molecular weight excluding hydrogens is 454 g/mol. The Kier molecular flexibility index (Phi) is 11.9. The molecule has 0 fully saturated rings. The van der Waals surface area contributed by atoms with E-state index in [4.69, 9.17) is 11.5 Å². The summed E-state index contributed by atoms with van der Waals surface area (Å²) in [5, 5.41) is 16.9. The summed E-state index contributed by atoms with van der Waals surface area (Å²) >= 11 is 0. The van der Waals surface area contributed by atoms with E-state index in [0.29, 0.717) is 5.56 Å². The number of hydrogen-bond donors (Lipinski definition) is 6. The number of aliphatic carboxylic acids is 1. The van der Waals surface area contributed by atoms with Crippen LogP contribution in [-0.4, -0.2) is 58.9 Å². The highest BCUT2D eigenvalue weighted by atomic mass is 16.4. The summed E-state index contributed by atoms with van der Waals surface area (Å²) in [4.78, 5) is 61.7. The summed E-state index contributed by atoms with van der Waals surface area (Å²) in [6.45, 7) is 7.10. The zero-order chi connectivity index (χ0) is 26.7. The lowest BCUT2D eigenvalue weighted by atomic mass is 10.0. The lowest BCUT2D eigenvalue weighted by Crippen LogP contribution is -2.58. The number of hydrogen-bond acceptors (Lipinski definition) is 6. The van der Waals surface area contributed by atoms with Crippen LogP contribution in [0.25, 0.3) is 0 Å². The molecule has 0 radical (unpaired) electrons. The molecular formula is C24H37N5O6. The average molecular weight is 492 g/mol. The van der Waals surface area contributed by atoms with Crippen molar-refractivity contribution in [1.82, 2.24) is 16.0 Å². The van der Waals surface area contributed by atoms with Gasteiger partial charge in [-0.3, -0.25) is 19.2 Å². The van der Waals surface area contributed by atoms with Gasteiger partial charge in [-0.15, -0.1) is 0 Å². The van der Waals surface area contributed by atoms with E-state index in [1.165, 1.54) is 0 Å². The van der Waals surface area contributed by atoms with Crippen LogP contribution in [0.1, 0.15) is 46.1 Å². The molecule has 0 heterocycles. The lowest BCUT2D eigenvalue weighted by molar-refractivity contribution is -0.143. The van der Waals surface area contributed by atoms with Crippen molar-refractivity contribution < 1.29 is 29.1 Å². The molecule has 4 unspecified atom stereocenters. The summed E-state index contributed by atoms with van der Waals surface area (Å²) in [5.41, 5.74) is 11.8. The first-order valence-electron chi connectivity index (χ1n) is 11.5. The number of benzene rings is 1. The Balaban J connectivity index is 3.14. The van der Waals surface area contributed by atoms with Crippen LogP contribution >= 0.6 is 0 Å². The van der Waals surface area contributed by atoms with Crippen LogP contribution in [-0.2, 0) is 30.4 Å². The Morgan fingerprint density at radius 1 is 0.829 bits per heavy atom. The van der Waals surface area contributed by atoms with Gasteiger partial charge in [-0.2, -0.15) is 0 Å². The first kappa shape index (κ1) is 29.6.